The number of ketones is 1. The van der Waals surface area contributed by atoms with Crippen LogP contribution in [0, 0.1) is 0 Å². The van der Waals surface area contributed by atoms with E-state index < -0.39 is 24.6 Å². The number of esters is 1. The molecule has 12 heavy (non-hydrogen) atoms. The Labute approximate surface area is 68.0 Å². The van der Waals surface area contributed by atoms with Crippen molar-refractivity contribution in [3.63, 3.8) is 0 Å². The molecule has 0 radical (unpaired) electrons. The summed E-state index contributed by atoms with van der Waals surface area (Å²) in [5.74, 6) is -2.38. The average Bonchev–Trinajstić information content (AvgIpc) is 2.00. The van der Waals surface area contributed by atoms with E-state index >= 15 is 0 Å². The molecule has 0 aliphatic heterocycles. The van der Waals surface area contributed by atoms with Crippen molar-refractivity contribution in [1.82, 2.24) is 0 Å². The number of halogens is 2. The molecule has 0 aromatic carbocycles. The van der Waals surface area contributed by atoms with Crippen molar-refractivity contribution in [1.29, 1.82) is 0 Å². The normalized spacial score (nSPS) is 9.58. The van der Waals surface area contributed by atoms with Crippen LogP contribution in [0.3, 0.4) is 0 Å². The molecule has 0 rings (SSSR count). The highest BCUT2D eigenvalue weighted by Gasteiger charge is 2.19. The highest BCUT2D eigenvalue weighted by atomic mass is 19.3. The van der Waals surface area contributed by atoms with Crippen LogP contribution in [0.2, 0.25) is 0 Å². The molecule has 3 nitrogen and oxygen atoms in total. The fourth-order valence-corrected chi connectivity index (χ4v) is 0.422. The number of hydrogen-bond donors (Lipinski definition) is 0. The molecule has 0 fully saturated rings. The van der Waals surface area contributed by atoms with Gasteiger partial charge in [0.05, 0.1) is 0 Å². The highest BCUT2D eigenvalue weighted by molar-refractivity contribution is 5.97. The standard InChI is InChI=1S/C7H8F2O3/c1-2-3-12-6(11)4-5(10)7(8)9/h2,7H,1,3-4H2. The molecule has 0 bridgehead atoms. The lowest BCUT2D eigenvalue weighted by Gasteiger charge is -1.99. The molecular weight excluding hydrogens is 170 g/mol. The quantitative estimate of drug-likeness (QED) is 0.357. The Hall–Kier alpha value is -1.26. The number of rotatable bonds is 5. The Kier molecular flexibility index (Phi) is 4.83. The smallest absolute Gasteiger partial charge is 0.313 e. The Morgan fingerprint density at radius 1 is 1.50 bits per heavy atom. The monoisotopic (exact) mass is 178 g/mol. The van der Waals surface area contributed by atoms with Gasteiger partial charge in [-0.1, -0.05) is 12.7 Å². The minimum Gasteiger partial charge on any atom is -0.461 e. The number of hydrogen-bond acceptors (Lipinski definition) is 3. The molecule has 0 aliphatic carbocycles. The van der Waals surface area contributed by atoms with Crippen LogP contribution in [0.25, 0.3) is 0 Å². The third-order valence-electron chi connectivity index (χ3n) is 0.924. The Bertz CT molecular complexity index is 189. The van der Waals surface area contributed by atoms with Crippen LogP contribution in [-0.4, -0.2) is 24.8 Å². The number of ether oxygens (including phenoxy) is 1. The van der Waals surface area contributed by atoms with Gasteiger partial charge in [-0.2, -0.15) is 0 Å². The maximum absolute atomic E-state index is 11.5. The van der Waals surface area contributed by atoms with E-state index in [9.17, 15) is 18.4 Å². The zero-order valence-electron chi connectivity index (χ0n) is 6.26. The van der Waals surface area contributed by atoms with Crippen molar-refractivity contribution < 1.29 is 23.1 Å². The van der Waals surface area contributed by atoms with Crippen LogP contribution in [0.15, 0.2) is 12.7 Å². The van der Waals surface area contributed by atoms with Gasteiger partial charge in [0.2, 0.25) is 5.78 Å². The first-order valence-corrected chi connectivity index (χ1v) is 3.15. The van der Waals surface area contributed by atoms with Crippen molar-refractivity contribution in [3.8, 4) is 0 Å². The minimum atomic E-state index is -3.11. The molecule has 0 aromatic rings. The maximum Gasteiger partial charge on any atom is 0.313 e. The fraction of sp³-hybridized carbons (Fsp3) is 0.429. The molecule has 0 atom stereocenters. The van der Waals surface area contributed by atoms with E-state index in [1.165, 1.54) is 6.08 Å². The van der Waals surface area contributed by atoms with Gasteiger partial charge in [-0.15, -0.1) is 0 Å². The van der Waals surface area contributed by atoms with E-state index in [0.717, 1.165) is 0 Å². The first kappa shape index (κ1) is 10.7. The Balaban J connectivity index is 3.69. The second-order valence-corrected chi connectivity index (χ2v) is 1.92. The number of carbonyl (C=O) groups excluding carboxylic acids is 2. The van der Waals surface area contributed by atoms with E-state index in [0.29, 0.717) is 0 Å². The molecule has 0 aromatic heterocycles. The van der Waals surface area contributed by atoms with Gasteiger partial charge < -0.3 is 4.74 Å². The van der Waals surface area contributed by atoms with Gasteiger partial charge in [-0.25, -0.2) is 8.78 Å². The molecule has 0 aliphatic rings. The summed E-state index contributed by atoms with van der Waals surface area (Å²) in [5, 5.41) is 0. The summed E-state index contributed by atoms with van der Waals surface area (Å²) < 4.78 is 27.4. The lowest BCUT2D eigenvalue weighted by molar-refractivity contribution is -0.147. The fourth-order valence-electron chi connectivity index (χ4n) is 0.422. The molecule has 0 N–H and O–H groups in total. The molecule has 68 valence electrons. The van der Waals surface area contributed by atoms with Gasteiger partial charge in [0.25, 0.3) is 6.43 Å². The predicted molar refractivity (Wildman–Crippen MR) is 36.8 cm³/mol. The average molecular weight is 178 g/mol. The second-order valence-electron chi connectivity index (χ2n) is 1.92. The highest BCUT2D eigenvalue weighted by Crippen LogP contribution is 1.99. The van der Waals surface area contributed by atoms with Crippen LogP contribution in [0.1, 0.15) is 6.42 Å². The summed E-state index contributed by atoms with van der Waals surface area (Å²) in [5.41, 5.74) is 0. The van der Waals surface area contributed by atoms with Crippen LogP contribution in [-0.2, 0) is 14.3 Å². The number of Topliss-reactive ketones (excluding diaryl/α,β-unsaturated/α-hetero) is 1. The Morgan fingerprint density at radius 2 is 2.08 bits per heavy atom. The molecule has 0 saturated heterocycles. The summed E-state index contributed by atoms with van der Waals surface area (Å²) in [4.78, 5) is 20.7. The molecular formula is C7H8F2O3. The lowest BCUT2D eigenvalue weighted by Crippen LogP contribution is -2.17. The third-order valence-corrected chi connectivity index (χ3v) is 0.924. The van der Waals surface area contributed by atoms with Gasteiger partial charge in [0, 0.05) is 0 Å². The minimum absolute atomic E-state index is 0.0741. The lowest BCUT2D eigenvalue weighted by atomic mass is 10.3. The number of carbonyl (C=O) groups is 2. The van der Waals surface area contributed by atoms with Gasteiger partial charge in [0.1, 0.15) is 13.0 Å². The summed E-state index contributed by atoms with van der Waals surface area (Å²) in [7, 11) is 0. The zero-order chi connectivity index (χ0) is 9.56. The first-order valence-electron chi connectivity index (χ1n) is 3.15. The van der Waals surface area contributed by atoms with Crippen molar-refractivity contribution in [2.45, 2.75) is 12.8 Å². The van der Waals surface area contributed by atoms with Gasteiger partial charge in [-0.3, -0.25) is 9.59 Å². The summed E-state index contributed by atoms with van der Waals surface area (Å²) in [6.07, 6.45) is -2.71. The predicted octanol–water partition coefficient (Wildman–Crippen LogP) is 0.940. The third kappa shape index (κ3) is 4.54. The molecule has 5 heteroatoms. The van der Waals surface area contributed by atoms with E-state index in [1.54, 1.807) is 0 Å². The molecule has 0 saturated carbocycles. The zero-order valence-corrected chi connectivity index (χ0v) is 6.26. The van der Waals surface area contributed by atoms with Crippen LogP contribution >= 0.6 is 0 Å². The van der Waals surface area contributed by atoms with Crippen molar-refractivity contribution in [2.75, 3.05) is 6.61 Å². The van der Waals surface area contributed by atoms with Crippen molar-refractivity contribution in [2.24, 2.45) is 0 Å². The molecule has 0 unspecified atom stereocenters. The van der Waals surface area contributed by atoms with E-state index in [4.69, 9.17) is 0 Å². The van der Waals surface area contributed by atoms with Crippen molar-refractivity contribution in [3.05, 3.63) is 12.7 Å². The molecule has 0 spiro atoms. The summed E-state index contributed by atoms with van der Waals surface area (Å²) in [6, 6.07) is 0. The van der Waals surface area contributed by atoms with E-state index in [2.05, 4.69) is 11.3 Å². The SMILES string of the molecule is C=CCOC(=O)CC(=O)C(F)F. The van der Waals surface area contributed by atoms with Crippen LogP contribution < -0.4 is 0 Å². The van der Waals surface area contributed by atoms with Gasteiger partial charge >= 0.3 is 5.97 Å². The Morgan fingerprint density at radius 3 is 2.50 bits per heavy atom. The van der Waals surface area contributed by atoms with Crippen molar-refractivity contribution >= 4 is 11.8 Å². The number of alkyl halides is 2. The van der Waals surface area contributed by atoms with Gasteiger partial charge in [0.15, 0.2) is 0 Å². The summed E-state index contributed by atoms with van der Waals surface area (Å²) in [6.45, 7) is 3.16. The molecule has 0 amide bonds. The van der Waals surface area contributed by atoms with E-state index in [-0.39, 0.29) is 6.61 Å². The van der Waals surface area contributed by atoms with Crippen LogP contribution in [0.4, 0.5) is 8.78 Å². The molecule has 0 heterocycles. The topological polar surface area (TPSA) is 43.4 Å². The maximum atomic E-state index is 11.5. The first-order chi connectivity index (χ1) is 5.57. The largest absolute Gasteiger partial charge is 0.461 e. The summed E-state index contributed by atoms with van der Waals surface area (Å²) >= 11 is 0. The second kappa shape index (κ2) is 5.40. The van der Waals surface area contributed by atoms with Crippen LogP contribution in [0.5, 0.6) is 0 Å². The van der Waals surface area contributed by atoms with Gasteiger partial charge in [-0.05, 0) is 0 Å². The van der Waals surface area contributed by atoms with E-state index in [1.807, 2.05) is 0 Å².